The summed E-state index contributed by atoms with van der Waals surface area (Å²) in [5.74, 6) is 0. The van der Waals surface area contributed by atoms with E-state index in [0.29, 0.717) is 0 Å². The molecule has 1 atom stereocenters. The van der Waals surface area contributed by atoms with Gasteiger partial charge in [0.05, 0.1) is 11.1 Å². The molecular formula is C4H2F3IN2OS. The smallest absolute Gasteiger partial charge is 0.271 e. The van der Waals surface area contributed by atoms with Crippen LogP contribution in [-0.2, 0) is 10.8 Å². The van der Waals surface area contributed by atoms with Crippen molar-refractivity contribution in [1.29, 1.82) is 0 Å². The predicted octanol–water partition coefficient (Wildman–Crippen LogP) is 1.64. The standard InChI is InChI=1S/C4H2F3IN2OS/c5-4(6,7)12(11)2-1-9-10-3(2)8/h1H,(H,9,10). The predicted molar refractivity (Wildman–Crippen MR) is 43.8 cm³/mol. The van der Waals surface area contributed by atoms with Gasteiger partial charge in [-0.15, -0.1) is 0 Å². The van der Waals surface area contributed by atoms with Gasteiger partial charge < -0.3 is 0 Å². The quantitative estimate of drug-likeness (QED) is 0.802. The molecule has 0 aliphatic carbocycles. The molecule has 0 radical (unpaired) electrons. The Morgan fingerprint density at radius 1 is 1.58 bits per heavy atom. The largest absolute Gasteiger partial charge is 0.476 e. The minimum absolute atomic E-state index is 0.142. The monoisotopic (exact) mass is 310 g/mol. The van der Waals surface area contributed by atoms with Crippen LogP contribution in [0.1, 0.15) is 0 Å². The summed E-state index contributed by atoms with van der Waals surface area (Å²) < 4.78 is 46.4. The lowest BCUT2D eigenvalue weighted by atomic mass is 10.7. The van der Waals surface area contributed by atoms with E-state index < -0.39 is 16.3 Å². The third-order valence-electron chi connectivity index (χ3n) is 0.971. The highest BCUT2D eigenvalue weighted by atomic mass is 127. The molecule has 68 valence electrons. The second kappa shape index (κ2) is 3.32. The van der Waals surface area contributed by atoms with E-state index in [0.717, 1.165) is 6.20 Å². The van der Waals surface area contributed by atoms with E-state index in [2.05, 4.69) is 10.2 Å². The molecule has 0 aliphatic rings. The van der Waals surface area contributed by atoms with Crippen molar-refractivity contribution in [2.45, 2.75) is 10.4 Å². The summed E-state index contributed by atoms with van der Waals surface area (Å²) in [6.07, 6.45) is 0.908. The second-order valence-corrected chi connectivity index (χ2v) is 4.28. The van der Waals surface area contributed by atoms with Crippen LogP contribution in [0.15, 0.2) is 11.1 Å². The molecule has 1 heterocycles. The van der Waals surface area contributed by atoms with Gasteiger partial charge in [-0.2, -0.15) is 18.3 Å². The van der Waals surface area contributed by atoms with Crippen molar-refractivity contribution in [1.82, 2.24) is 10.2 Å². The van der Waals surface area contributed by atoms with E-state index in [1.807, 2.05) is 0 Å². The van der Waals surface area contributed by atoms with Crippen molar-refractivity contribution >= 4 is 33.4 Å². The molecule has 0 saturated heterocycles. The molecule has 0 aliphatic heterocycles. The fourth-order valence-electron chi connectivity index (χ4n) is 0.513. The number of hydrogen-bond donors (Lipinski definition) is 1. The van der Waals surface area contributed by atoms with Crippen molar-refractivity contribution < 1.29 is 17.4 Å². The average Bonchev–Trinajstić information content (AvgIpc) is 2.31. The molecule has 1 N–H and O–H groups in total. The van der Waals surface area contributed by atoms with Crippen molar-refractivity contribution in [3.8, 4) is 0 Å². The Hall–Kier alpha value is -0.120. The van der Waals surface area contributed by atoms with Gasteiger partial charge in [0.2, 0.25) is 0 Å². The molecule has 1 aromatic heterocycles. The lowest BCUT2D eigenvalue weighted by Gasteiger charge is -2.02. The Balaban J connectivity index is 3.01. The molecule has 12 heavy (non-hydrogen) atoms. The zero-order valence-corrected chi connectivity index (χ0v) is 8.33. The maximum absolute atomic E-state index is 11.8. The van der Waals surface area contributed by atoms with Gasteiger partial charge in [-0.1, -0.05) is 0 Å². The summed E-state index contributed by atoms with van der Waals surface area (Å²) in [5.41, 5.74) is -4.72. The number of nitrogens with one attached hydrogen (secondary N) is 1. The number of rotatable bonds is 1. The molecule has 8 heteroatoms. The average molecular weight is 310 g/mol. The van der Waals surface area contributed by atoms with Gasteiger partial charge in [-0.25, -0.2) is 4.21 Å². The van der Waals surface area contributed by atoms with Crippen molar-refractivity contribution in [2.75, 3.05) is 0 Å². The highest BCUT2D eigenvalue weighted by Crippen LogP contribution is 2.27. The molecule has 1 unspecified atom stereocenters. The van der Waals surface area contributed by atoms with Gasteiger partial charge in [-0.3, -0.25) is 5.10 Å². The summed E-state index contributed by atoms with van der Waals surface area (Å²) >= 11 is 1.60. The zero-order valence-electron chi connectivity index (χ0n) is 5.35. The van der Waals surface area contributed by atoms with Gasteiger partial charge >= 0.3 is 5.51 Å². The van der Waals surface area contributed by atoms with Crippen LogP contribution in [0.5, 0.6) is 0 Å². The maximum atomic E-state index is 11.8. The molecule has 1 aromatic rings. The normalized spacial score (nSPS) is 14.7. The Bertz CT molecular complexity index is 309. The Morgan fingerprint density at radius 3 is 2.50 bits per heavy atom. The molecule has 0 saturated carbocycles. The first-order chi connectivity index (χ1) is 5.43. The van der Waals surface area contributed by atoms with E-state index >= 15 is 0 Å². The highest BCUT2D eigenvalue weighted by Gasteiger charge is 2.39. The number of alkyl halides is 3. The minimum Gasteiger partial charge on any atom is -0.271 e. The maximum Gasteiger partial charge on any atom is 0.476 e. The third-order valence-corrected chi connectivity index (χ3v) is 3.29. The van der Waals surface area contributed by atoms with Gasteiger partial charge in [-0.05, 0) is 22.6 Å². The summed E-state index contributed by atoms with van der Waals surface area (Å²) in [6, 6.07) is 0. The molecular weight excluding hydrogens is 308 g/mol. The number of H-pyrrole nitrogens is 1. The number of halogens is 4. The third kappa shape index (κ3) is 1.97. The fourth-order valence-corrected chi connectivity index (χ4v) is 2.00. The second-order valence-electron chi connectivity index (χ2n) is 1.76. The topological polar surface area (TPSA) is 45.8 Å². The number of hydrogen-bond acceptors (Lipinski definition) is 2. The van der Waals surface area contributed by atoms with E-state index in [9.17, 15) is 17.4 Å². The zero-order chi connectivity index (χ0) is 9.35. The van der Waals surface area contributed by atoms with Gasteiger partial charge in [0, 0.05) is 0 Å². The van der Waals surface area contributed by atoms with E-state index in [1.54, 1.807) is 22.6 Å². The SMILES string of the molecule is O=S(c1cn[nH]c1I)C(F)(F)F. The first kappa shape index (κ1) is 9.96. The molecule has 0 amide bonds. The van der Waals surface area contributed by atoms with E-state index in [-0.39, 0.29) is 8.60 Å². The van der Waals surface area contributed by atoms with Crippen LogP contribution in [0.3, 0.4) is 0 Å². The van der Waals surface area contributed by atoms with Crippen molar-refractivity contribution in [3.05, 3.63) is 9.90 Å². The number of aromatic amines is 1. The van der Waals surface area contributed by atoms with Crippen LogP contribution >= 0.6 is 22.6 Å². The lowest BCUT2D eigenvalue weighted by Crippen LogP contribution is -2.16. The summed E-state index contributed by atoms with van der Waals surface area (Å²) in [5, 5.41) is 5.60. The van der Waals surface area contributed by atoms with Gasteiger partial charge in [0.25, 0.3) is 0 Å². The number of aromatic nitrogens is 2. The Morgan fingerprint density at radius 2 is 2.17 bits per heavy atom. The summed E-state index contributed by atoms with van der Waals surface area (Å²) in [4.78, 5) is -0.330. The van der Waals surface area contributed by atoms with Crippen LogP contribution in [0.2, 0.25) is 0 Å². The highest BCUT2D eigenvalue weighted by molar-refractivity contribution is 14.1. The van der Waals surface area contributed by atoms with E-state index in [1.165, 1.54) is 0 Å². The van der Waals surface area contributed by atoms with Crippen LogP contribution in [0.4, 0.5) is 13.2 Å². The van der Waals surface area contributed by atoms with Crippen LogP contribution in [0.25, 0.3) is 0 Å². The molecule has 0 spiro atoms. The van der Waals surface area contributed by atoms with Crippen LogP contribution < -0.4 is 0 Å². The molecule has 3 nitrogen and oxygen atoms in total. The Labute approximate surface area is 81.3 Å². The van der Waals surface area contributed by atoms with Crippen molar-refractivity contribution in [3.63, 3.8) is 0 Å². The van der Waals surface area contributed by atoms with Gasteiger partial charge in [0.1, 0.15) is 3.70 Å². The lowest BCUT2D eigenvalue weighted by molar-refractivity contribution is -0.0384. The van der Waals surface area contributed by atoms with Crippen LogP contribution in [-0.4, -0.2) is 19.9 Å². The Kier molecular flexibility index (Phi) is 2.76. The summed E-state index contributed by atoms with van der Waals surface area (Å²) in [6.45, 7) is 0. The summed E-state index contributed by atoms with van der Waals surface area (Å²) in [7, 11) is -2.98. The molecule has 1 rings (SSSR count). The van der Waals surface area contributed by atoms with Crippen molar-refractivity contribution in [2.24, 2.45) is 0 Å². The van der Waals surface area contributed by atoms with Gasteiger partial charge in [0.15, 0.2) is 10.8 Å². The fraction of sp³-hybridized carbons (Fsp3) is 0.250. The molecule has 0 fully saturated rings. The first-order valence-electron chi connectivity index (χ1n) is 2.60. The number of nitrogens with zero attached hydrogens (tertiary/aromatic N) is 1. The first-order valence-corrected chi connectivity index (χ1v) is 4.83. The molecule has 0 bridgehead atoms. The molecule has 0 aromatic carbocycles. The van der Waals surface area contributed by atoms with E-state index in [4.69, 9.17) is 0 Å². The van der Waals surface area contributed by atoms with Crippen LogP contribution in [0, 0.1) is 3.70 Å². The minimum atomic E-state index is -4.72.